The van der Waals surface area contributed by atoms with Crippen LogP contribution in [0, 0.1) is 0 Å². The second kappa shape index (κ2) is 7.84. The van der Waals surface area contributed by atoms with Gasteiger partial charge < -0.3 is 10.1 Å². The van der Waals surface area contributed by atoms with Gasteiger partial charge in [-0.2, -0.15) is 0 Å². The minimum atomic E-state index is -0.176. The van der Waals surface area contributed by atoms with Gasteiger partial charge in [0.15, 0.2) is 6.61 Å². The number of hydrogen-bond acceptors (Lipinski definition) is 2. The Hall–Kier alpha value is -1.81. The molecule has 2 aromatic carbocycles. The molecular weight excluding hydrogens is 366 g/mol. The summed E-state index contributed by atoms with van der Waals surface area (Å²) in [5.74, 6) is 0.586. The van der Waals surface area contributed by atoms with Gasteiger partial charge in [0, 0.05) is 4.47 Å². The number of nitrogens with one attached hydrogen (secondary N) is 1. The highest BCUT2D eigenvalue weighted by Gasteiger charge is 2.15. The maximum atomic E-state index is 12.2. The second-order valence-electron chi connectivity index (χ2n) is 6.74. The van der Waals surface area contributed by atoms with E-state index in [0.717, 1.165) is 27.9 Å². The highest BCUT2D eigenvalue weighted by molar-refractivity contribution is 9.10. The molecule has 1 amide bonds. The summed E-state index contributed by atoms with van der Waals surface area (Å²) in [4.78, 5) is 12.2. The lowest BCUT2D eigenvalue weighted by molar-refractivity contribution is -0.118. The number of anilines is 1. The van der Waals surface area contributed by atoms with Gasteiger partial charge in [-0.25, -0.2) is 0 Å². The molecular formula is C20H24BrNO2. The lowest BCUT2D eigenvalue weighted by Gasteiger charge is -2.20. The first kappa shape index (κ1) is 18.5. The number of carbonyl (C=O) groups is 1. The summed E-state index contributed by atoms with van der Waals surface area (Å²) in [7, 11) is 0. The predicted molar refractivity (Wildman–Crippen MR) is 103 cm³/mol. The SMILES string of the molecule is CCc1ccccc1OCC(=O)Nc1ccc(C(C)(C)C)cc1Br. The van der Waals surface area contributed by atoms with Crippen LogP contribution in [0.5, 0.6) is 5.75 Å². The lowest BCUT2D eigenvalue weighted by Crippen LogP contribution is -2.21. The topological polar surface area (TPSA) is 38.3 Å². The number of hydrogen-bond donors (Lipinski definition) is 1. The fourth-order valence-electron chi connectivity index (χ4n) is 2.35. The molecule has 2 rings (SSSR count). The molecule has 0 fully saturated rings. The van der Waals surface area contributed by atoms with Crippen LogP contribution in [0.4, 0.5) is 5.69 Å². The van der Waals surface area contributed by atoms with Crippen molar-refractivity contribution in [2.45, 2.75) is 39.5 Å². The Morgan fingerprint density at radius 1 is 1.17 bits per heavy atom. The van der Waals surface area contributed by atoms with Gasteiger partial charge in [0.25, 0.3) is 5.91 Å². The van der Waals surface area contributed by atoms with Crippen molar-refractivity contribution in [3.05, 3.63) is 58.1 Å². The van der Waals surface area contributed by atoms with E-state index in [9.17, 15) is 4.79 Å². The summed E-state index contributed by atoms with van der Waals surface area (Å²) in [5.41, 5.74) is 3.12. The third kappa shape index (κ3) is 4.84. The van der Waals surface area contributed by atoms with Crippen LogP contribution < -0.4 is 10.1 Å². The average molecular weight is 390 g/mol. The van der Waals surface area contributed by atoms with Crippen molar-refractivity contribution in [3.63, 3.8) is 0 Å². The molecule has 0 spiro atoms. The molecule has 3 nitrogen and oxygen atoms in total. The zero-order chi connectivity index (χ0) is 17.7. The van der Waals surface area contributed by atoms with Gasteiger partial charge in [-0.3, -0.25) is 4.79 Å². The summed E-state index contributed by atoms with van der Waals surface area (Å²) in [6.45, 7) is 8.53. The Balaban J connectivity index is 2.00. The first-order valence-electron chi connectivity index (χ1n) is 8.12. The van der Waals surface area contributed by atoms with E-state index < -0.39 is 0 Å². The van der Waals surface area contributed by atoms with Crippen LogP contribution in [0.2, 0.25) is 0 Å². The molecule has 24 heavy (non-hydrogen) atoms. The van der Waals surface area contributed by atoms with Crippen LogP contribution >= 0.6 is 15.9 Å². The molecule has 0 aromatic heterocycles. The number of aryl methyl sites for hydroxylation is 1. The quantitative estimate of drug-likeness (QED) is 0.750. The van der Waals surface area contributed by atoms with Gasteiger partial charge in [-0.05, 0) is 57.1 Å². The molecule has 0 atom stereocenters. The van der Waals surface area contributed by atoms with Gasteiger partial charge in [0.2, 0.25) is 0 Å². The van der Waals surface area contributed by atoms with Crippen LogP contribution in [-0.2, 0) is 16.6 Å². The summed E-state index contributed by atoms with van der Waals surface area (Å²) in [5, 5.41) is 2.89. The monoisotopic (exact) mass is 389 g/mol. The second-order valence-corrected chi connectivity index (χ2v) is 7.60. The van der Waals surface area contributed by atoms with E-state index in [-0.39, 0.29) is 17.9 Å². The van der Waals surface area contributed by atoms with Crippen LogP contribution in [0.1, 0.15) is 38.8 Å². The Kier molecular flexibility index (Phi) is 6.05. The molecule has 128 valence electrons. The van der Waals surface area contributed by atoms with Crippen molar-refractivity contribution < 1.29 is 9.53 Å². The number of amides is 1. The van der Waals surface area contributed by atoms with Crippen LogP contribution in [0.15, 0.2) is 46.9 Å². The van der Waals surface area contributed by atoms with Gasteiger partial charge in [0.1, 0.15) is 5.75 Å². The van der Waals surface area contributed by atoms with E-state index >= 15 is 0 Å². The fourth-order valence-corrected chi connectivity index (χ4v) is 2.83. The number of ether oxygens (including phenoxy) is 1. The van der Waals surface area contributed by atoms with Crippen molar-refractivity contribution in [2.75, 3.05) is 11.9 Å². The van der Waals surface area contributed by atoms with Crippen molar-refractivity contribution in [3.8, 4) is 5.75 Å². The summed E-state index contributed by atoms with van der Waals surface area (Å²) < 4.78 is 6.52. The van der Waals surface area contributed by atoms with Gasteiger partial charge in [-0.15, -0.1) is 0 Å². The molecule has 1 N–H and O–H groups in total. The minimum absolute atomic E-state index is 0.00945. The van der Waals surface area contributed by atoms with Gasteiger partial charge in [0.05, 0.1) is 5.69 Å². The molecule has 0 radical (unpaired) electrons. The zero-order valence-corrected chi connectivity index (χ0v) is 16.2. The molecule has 2 aromatic rings. The largest absolute Gasteiger partial charge is 0.483 e. The first-order valence-corrected chi connectivity index (χ1v) is 8.91. The normalized spacial score (nSPS) is 11.2. The molecule has 0 saturated heterocycles. The molecule has 0 unspecified atom stereocenters. The molecule has 0 bridgehead atoms. The summed E-state index contributed by atoms with van der Waals surface area (Å²) in [6.07, 6.45) is 0.873. The van der Waals surface area contributed by atoms with E-state index in [1.807, 2.05) is 42.5 Å². The maximum absolute atomic E-state index is 12.2. The van der Waals surface area contributed by atoms with E-state index in [0.29, 0.717) is 0 Å². The molecule has 0 aliphatic rings. The number of benzene rings is 2. The molecule has 0 aliphatic carbocycles. The van der Waals surface area contributed by atoms with Crippen LogP contribution in [-0.4, -0.2) is 12.5 Å². The summed E-state index contributed by atoms with van der Waals surface area (Å²) >= 11 is 3.53. The predicted octanol–water partition coefficient (Wildman–Crippen LogP) is 5.33. The van der Waals surface area contributed by atoms with Crippen LogP contribution in [0.3, 0.4) is 0 Å². The van der Waals surface area contributed by atoms with Gasteiger partial charge >= 0.3 is 0 Å². The highest BCUT2D eigenvalue weighted by Crippen LogP contribution is 2.30. The van der Waals surface area contributed by atoms with E-state index in [4.69, 9.17) is 4.74 Å². The smallest absolute Gasteiger partial charge is 0.262 e. The van der Waals surface area contributed by atoms with E-state index in [1.165, 1.54) is 5.56 Å². The van der Waals surface area contributed by atoms with E-state index in [2.05, 4.69) is 48.9 Å². The van der Waals surface area contributed by atoms with Crippen molar-refractivity contribution in [1.29, 1.82) is 0 Å². The van der Waals surface area contributed by atoms with Crippen molar-refractivity contribution in [1.82, 2.24) is 0 Å². The lowest BCUT2D eigenvalue weighted by atomic mass is 9.87. The average Bonchev–Trinajstić information content (AvgIpc) is 2.54. The third-order valence-corrected chi connectivity index (χ3v) is 4.48. The Morgan fingerprint density at radius 2 is 1.88 bits per heavy atom. The van der Waals surface area contributed by atoms with E-state index in [1.54, 1.807) is 0 Å². The van der Waals surface area contributed by atoms with Gasteiger partial charge in [-0.1, -0.05) is 52.0 Å². The number of carbonyl (C=O) groups excluding carboxylic acids is 1. The molecule has 0 aliphatic heterocycles. The Labute approximate surface area is 152 Å². The van der Waals surface area contributed by atoms with Crippen molar-refractivity contribution in [2.24, 2.45) is 0 Å². The summed E-state index contributed by atoms with van der Waals surface area (Å²) in [6, 6.07) is 13.8. The Morgan fingerprint density at radius 3 is 2.50 bits per heavy atom. The molecule has 0 saturated carbocycles. The molecule has 0 heterocycles. The molecule has 4 heteroatoms. The standard InChI is InChI=1S/C20H24BrNO2/c1-5-14-8-6-7-9-18(14)24-13-19(23)22-17-11-10-15(12-16(17)21)20(2,3)4/h6-12H,5,13H2,1-4H3,(H,22,23). The number of para-hydroxylation sites is 1. The highest BCUT2D eigenvalue weighted by atomic mass is 79.9. The minimum Gasteiger partial charge on any atom is -0.483 e. The first-order chi connectivity index (χ1) is 11.3. The Bertz CT molecular complexity index is 720. The van der Waals surface area contributed by atoms with Crippen molar-refractivity contribution >= 4 is 27.5 Å². The van der Waals surface area contributed by atoms with Crippen LogP contribution in [0.25, 0.3) is 0 Å². The number of halogens is 1. The fraction of sp³-hybridized carbons (Fsp3) is 0.350. The number of rotatable bonds is 5. The third-order valence-electron chi connectivity index (χ3n) is 3.82. The maximum Gasteiger partial charge on any atom is 0.262 e. The zero-order valence-electron chi connectivity index (χ0n) is 14.7.